The molecule has 0 aliphatic carbocycles. The first-order chi connectivity index (χ1) is 14.5. The molecule has 7 nitrogen and oxygen atoms in total. The van der Waals surface area contributed by atoms with E-state index in [9.17, 15) is 4.79 Å². The lowest BCUT2D eigenvalue weighted by atomic mass is 10.1. The molecule has 0 aliphatic heterocycles. The maximum atomic E-state index is 12.4. The minimum atomic E-state index is -0.219. The van der Waals surface area contributed by atoms with Crippen LogP contribution in [0.5, 0.6) is 34.5 Å². The van der Waals surface area contributed by atoms with Gasteiger partial charge in [0.2, 0.25) is 11.5 Å². The Kier molecular flexibility index (Phi) is 8.17. The lowest BCUT2D eigenvalue weighted by Gasteiger charge is -2.14. The molecule has 0 unspecified atom stereocenters. The molecule has 0 fully saturated rings. The summed E-state index contributed by atoms with van der Waals surface area (Å²) in [6, 6.07) is 7.06. The molecule has 0 aliphatic rings. The maximum Gasteiger partial charge on any atom is 0.203 e. The Labute approximate surface area is 176 Å². The maximum absolute atomic E-state index is 12.4. The fraction of sp³-hybridized carbons (Fsp3) is 0.261. The summed E-state index contributed by atoms with van der Waals surface area (Å²) in [6.07, 6.45) is 6.18. The Bertz CT molecular complexity index is 870. The molecule has 7 heteroatoms. The van der Waals surface area contributed by atoms with Gasteiger partial charge < -0.3 is 28.4 Å². The fourth-order valence-corrected chi connectivity index (χ4v) is 2.91. The monoisotopic (exact) mass is 414 g/mol. The van der Waals surface area contributed by atoms with Crippen molar-refractivity contribution in [2.45, 2.75) is 0 Å². The molecule has 0 amide bonds. The molecule has 0 heterocycles. The lowest BCUT2D eigenvalue weighted by molar-refractivity contribution is -0.110. The number of rotatable bonds is 10. The summed E-state index contributed by atoms with van der Waals surface area (Å²) >= 11 is 0. The number of ketones is 1. The van der Waals surface area contributed by atoms with Gasteiger partial charge >= 0.3 is 0 Å². The third-order valence-electron chi connectivity index (χ3n) is 4.32. The topological polar surface area (TPSA) is 72.5 Å². The second-order valence-corrected chi connectivity index (χ2v) is 5.92. The van der Waals surface area contributed by atoms with E-state index in [1.54, 1.807) is 50.6 Å². The van der Waals surface area contributed by atoms with Crippen molar-refractivity contribution in [3.63, 3.8) is 0 Å². The zero-order valence-electron chi connectivity index (χ0n) is 18.0. The molecule has 0 saturated heterocycles. The summed E-state index contributed by atoms with van der Waals surface area (Å²) in [4.78, 5) is 12.4. The number of allylic oxidation sites excluding steroid dienone is 2. The zero-order valence-corrected chi connectivity index (χ0v) is 18.0. The molecular formula is C23H26O7. The van der Waals surface area contributed by atoms with E-state index in [1.807, 2.05) is 0 Å². The van der Waals surface area contributed by atoms with Crippen molar-refractivity contribution < 1.29 is 33.2 Å². The molecule has 0 aromatic heterocycles. The van der Waals surface area contributed by atoms with Crippen LogP contribution in [0.25, 0.3) is 12.2 Å². The van der Waals surface area contributed by atoms with Gasteiger partial charge in [-0.1, -0.05) is 0 Å². The van der Waals surface area contributed by atoms with Crippen molar-refractivity contribution in [1.82, 2.24) is 0 Å². The summed E-state index contributed by atoms with van der Waals surface area (Å²) in [7, 11) is 9.20. The molecule has 2 aromatic rings. The van der Waals surface area contributed by atoms with Crippen molar-refractivity contribution in [2.24, 2.45) is 0 Å². The van der Waals surface area contributed by atoms with Crippen LogP contribution in [-0.4, -0.2) is 48.4 Å². The van der Waals surface area contributed by atoms with E-state index in [0.29, 0.717) is 45.6 Å². The van der Waals surface area contributed by atoms with Gasteiger partial charge in [0.1, 0.15) is 0 Å². The van der Waals surface area contributed by atoms with Gasteiger partial charge in [-0.05, 0) is 48.6 Å². The van der Waals surface area contributed by atoms with Crippen molar-refractivity contribution in [2.75, 3.05) is 42.7 Å². The van der Waals surface area contributed by atoms with Crippen LogP contribution in [0, 0.1) is 0 Å². The van der Waals surface area contributed by atoms with E-state index < -0.39 is 0 Å². The third kappa shape index (κ3) is 4.86. The van der Waals surface area contributed by atoms with Crippen LogP contribution in [0.4, 0.5) is 0 Å². The lowest BCUT2D eigenvalue weighted by Crippen LogP contribution is -1.97. The molecule has 0 N–H and O–H groups in total. The molecule has 2 aromatic carbocycles. The molecular weight excluding hydrogens is 388 g/mol. The standard InChI is InChI=1S/C23H26O7/c1-25-18-13-9-15(20(27-3)22(18)29-5)7-11-17(24)12-8-16-10-14-19(26-2)23(30-6)21(16)28-4/h7-14H,1-6H3. The normalized spacial score (nSPS) is 10.9. The number of hydrogen-bond donors (Lipinski definition) is 0. The first-order valence-corrected chi connectivity index (χ1v) is 9.02. The van der Waals surface area contributed by atoms with Crippen LogP contribution in [-0.2, 0) is 4.79 Å². The summed E-state index contributed by atoms with van der Waals surface area (Å²) in [6.45, 7) is 0. The highest BCUT2D eigenvalue weighted by atomic mass is 16.5. The largest absolute Gasteiger partial charge is 0.493 e. The highest BCUT2D eigenvalue weighted by Gasteiger charge is 2.15. The van der Waals surface area contributed by atoms with Crippen LogP contribution in [0.1, 0.15) is 11.1 Å². The second kappa shape index (κ2) is 10.8. The van der Waals surface area contributed by atoms with Crippen molar-refractivity contribution >= 4 is 17.9 Å². The molecule has 0 saturated carbocycles. The summed E-state index contributed by atoms with van der Waals surface area (Å²) < 4.78 is 32.1. The number of carbonyl (C=O) groups excluding carboxylic acids is 1. The van der Waals surface area contributed by atoms with Crippen molar-refractivity contribution in [3.05, 3.63) is 47.5 Å². The van der Waals surface area contributed by atoms with Crippen LogP contribution in [0.2, 0.25) is 0 Å². The number of methoxy groups -OCH3 is 6. The van der Waals surface area contributed by atoms with Gasteiger partial charge in [-0.2, -0.15) is 0 Å². The first kappa shape index (κ1) is 22.7. The first-order valence-electron chi connectivity index (χ1n) is 9.02. The highest BCUT2D eigenvalue weighted by Crippen LogP contribution is 2.41. The predicted molar refractivity (Wildman–Crippen MR) is 115 cm³/mol. The van der Waals surface area contributed by atoms with Crippen LogP contribution >= 0.6 is 0 Å². The Morgan fingerprint density at radius 3 is 1.23 bits per heavy atom. The molecule has 160 valence electrons. The van der Waals surface area contributed by atoms with Gasteiger partial charge in [0.05, 0.1) is 42.7 Å². The van der Waals surface area contributed by atoms with E-state index in [0.717, 1.165) is 0 Å². The predicted octanol–water partition coefficient (Wildman–Crippen LogP) is 4.03. The summed E-state index contributed by atoms with van der Waals surface area (Å²) in [5, 5.41) is 0. The number of carbonyl (C=O) groups is 1. The van der Waals surface area contributed by atoms with Crippen LogP contribution in [0.15, 0.2) is 36.4 Å². The zero-order chi connectivity index (χ0) is 22.1. The molecule has 0 bridgehead atoms. The third-order valence-corrected chi connectivity index (χ3v) is 4.32. The van der Waals surface area contributed by atoms with Crippen LogP contribution in [0.3, 0.4) is 0 Å². The number of benzene rings is 2. The Hall–Kier alpha value is -3.61. The van der Waals surface area contributed by atoms with Crippen LogP contribution < -0.4 is 28.4 Å². The van der Waals surface area contributed by atoms with Gasteiger partial charge in [-0.3, -0.25) is 4.79 Å². The summed E-state index contributed by atoms with van der Waals surface area (Å²) in [5.41, 5.74) is 1.36. The molecule has 0 radical (unpaired) electrons. The minimum Gasteiger partial charge on any atom is -0.493 e. The Balaban J connectivity index is 2.28. The van der Waals surface area contributed by atoms with Gasteiger partial charge in [-0.25, -0.2) is 0 Å². The summed E-state index contributed by atoms with van der Waals surface area (Å²) in [5.74, 6) is 2.73. The average molecular weight is 414 g/mol. The Morgan fingerprint density at radius 1 is 0.567 bits per heavy atom. The van der Waals surface area contributed by atoms with Crippen molar-refractivity contribution in [3.8, 4) is 34.5 Å². The molecule has 0 spiro atoms. The van der Waals surface area contributed by atoms with E-state index in [4.69, 9.17) is 28.4 Å². The van der Waals surface area contributed by atoms with Gasteiger partial charge in [-0.15, -0.1) is 0 Å². The van der Waals surface area contributed by atoms with Crippen molar-refractivity contribution in [1.29, 1.82) is 0 Å². The smallest absolute Gasteiger partial charge is 0.203 e. The van der Waals surface area contributed by atoms with Gasteiger partial charge in [0, 0.05) is 11.1 Å². The van der Waals surface area contributed by atoms with E-state index >= 15 is 0 Å². The molecule has 2 rings (SSSR count). The number of hydrogen-bond acceptors (Lipinski definition) is 7. The minimum absolute atomic E-state index is 0.219. The van der Waals surface area contributed by atoms with E-state index in [-0.39, 0.29) is 5.78 Å². The average Bonchev–Trinajstić information content (AvgIpc) is 2.79. The SMILES string of the molecule is COc1ccc(C=CC(=O)C=Cc2ccc(OC)c(OC)c2OC)c(OC)c1OC. The fourth-order valence-electron chi connectivity index (χ4n) is 2.91. The molecule has 0 atom stereocenters. The van der Waals surface area contributed by atoms with E-state index in [1.165, 1.54) is 40.6 Å². The molecule has 30 heavy (non-hydrogen) atoms. The van der Waals surface area contributed by atoms with Gasteiger partial charge in [0.15, 0.2) is 28.8 Å². The quantitative estimate of drug-likeness (QED) is 0.544. The Morgan fingerprint density at radius 2 is 0.933 bits per heavy atom. The number of ether oxygens (including phenoxy) is 6. The van der Waals surface area contributed by atoms with Gasteiger partial charge in [0.25, 0.3) is 0 Å². The van der Waals surface area contributed by atoms with E-state index in [2.05, 4.69) is 0 Å². The second-order valence-electron chi connectivity index (χ2n) is 5.92. The highest BCUT2D eigenvalue weighted by molar-refractivity contribution is 6.05.